The van der Waals surface area contributed by atoms with E-state index < -0.39 is 0 Å². The SMILES string of the molecule is CCN=P[CH-]C(C)C.CNN1C(C)P1P.[CH3-].[V].[V]. The Morgan fingerprint density at radius 3 is 2.11 bits per heavy atom. The predicted octanol–water partition coefficient (Wildman–Crippen LogP) is 4.37. The van der Waals surface area contributed by atoms with E-state index in [1.54, 1.807) is 0 Å². The molecule has 2 radical (unpaired) electrons. The van der Waals surface area contributed by atoms with Crippen molar-refractivity contribution in [3.05, 3.63) is 13.6 Å². The number of nitrogens with one attached hydrogen (secondary N) is 1. The van der Waals surface area contributed by atoms with E-state index in [4.69, 9.17) is 0 Å². The van der Waals surface area contributed by atoms with Gasteiger partial charge in [0.25, 0.3) is 0 Å². The van der Waals surface area contributed by atoms with Crippen molar-refractivity contribution >= 4 is 25.1 Å². The third-order valence-corrected chi connectivity index (χ3v) is 6.77. The quantitative estimate of drug-likeness (QED) is 0.444. The molecule has 0 aliphatic carbocycles. The van der Waals surface area contributed by atoms with Crippen LogP contribution in [0.5, 0.6) is 0 Å². The molecule has 1 heterocycles. The van der Waals surface area contributed by atoms with Gasteiger partial charge in [-0.25, -0.2) is 4.78 Å². The van der Waals surface area contributed by atoms with E-state index >= 15 is 0 Å². The summed E-state index contributed by atoms with van der Waals surface area (Å²) in [5.41, 5.74) is 3.08. The fourth-order valence-corrected chi connectivity index (χ4v) is 3.94. The normalized spacial score (nSPS) is 24.3. The number of nitrogens with zero attached hydrogens (tertiary/aromatic N) is 2. The molecule has 18 heavy (non-hydrogen) atoms. The molecule has 0 spiro atoms. The summed E-state index contributed by atoms with van der Waals surface area (Å²) >= 11 is 0. The number of hydrazine groups is 1. The van der Waals surface area contributed by atoms with Crippen molar-refractivity contribution in [2.24, 2.45) is 10.7 Å². The Kier molecular flexibility index (Phi) is 26.8. The maximum atomic E-state index is 4.13. The first-order valence-electron chi connectivity index (χ1n) is 5.25. The maximum absolute atomic E-state index is 4.13. The Labute approximate surface area is 143 Å². The van der Waals surface area contributed by atoms with Gasteiger partial charge >= 0.3 is 0 Å². The zero-order chi connectivity index (χ0) is 11.8. The minimum Gasteiger partial charge on any atom is -0.358 e. The number of rotatable bonds is 4. The van der Waals surface area contributed by atoms with E-state index in [2.05, 4.69) is 57.7 Å². The Balaban J connectivity index is -0.0000000935. The molecule has 1 saturated heterocycles. The molecule has 0 saturated carbocycles. The smallest absolute Gasteiger partial charge is 0.0638 e. The van der Waals surface area contributed by atoms with Crippen LogP contribution in [0.4, 0.5) is 0 Å². The second kappa shape index (κ2) is 17.1. The van der Waals surface area contributed by atoms with E-state index in [9.17, 15) is 0 Å². The molecule has 0 amide bonds. The molecule has 0 bridgehead atoms. The van der Waals surface area contributed by atoms with Gasteiger partial charge in [-0.2, -0.15) is 14.3 Å². The molecule has 1 N–H and O–H groups in total. The van der Waals surface area contributed by atoms with Gasteiger partial charge < -0.3 is 12.2 Å². The number of hydrogen-bond donors (Lipinski definition) is 1. The van der Waals surface area contributed by atoms with Crippen molar-refractivity contribution in [2.75, 3.05) is 13.6 Å². The molecule has 3 nitrogen and oxygen atoms in total. The predicted molar refractivity (Wildman–Crippen MR) is 82.4 cm³/mol. The summed E-state index contributed by atoms with van der Waals surface area (Å²) in [5.74, 6) is 1.46. The summed E-state index contributed by atoms with van der Waals surface area (Å²) in [7, 11) is 6.06. The van der Waals surface area contributed by atoms with Crippen LogP contribution in [0.15, 0.2) is 4.74 Å². The van der Waals surface area contributed by atoms with Crippen molar-refractivity contribution in [1.82, 2.24) is 10.2 Å². The van der Waals surface area contributed by atoms with Gasteiger partial charge in [-0.1, -0.05) is 22.8 Å². The summed E-state index contributed by atoms with van der Waals surface area (Å²) in [6.45, 7) is 9.54. The summed E-state index contributed by atoms with van der Waals surface area (Å²) < 4.78 is 6.36. The first-order valence-corrected chi connectivity index (χ1v) is 9.14. The third kappa shape index (κ3) is 14.5. The first-order chi connectivity index (χ1) is 7.04. The van der Waals surface area contributed by atoms with Gasteiger partial charge in [0.05, 0.1) is 5.78 Å². The maximum Gasteiger partial charge on any atom is 0.0638 e. The van der Waals surface area contributed by atoms with Crippen LogP contribution >= 0.6 is 25.1 Å². The monoisotopic (exact) mass is 383 g/mol. The van der Waals surface area contributed by atoms with E-state index in [-0.39, 0.29) is 52.3 Å². The Bertz CT molecular complexity index is 189. The molecule has 1 rings (SSSR count). The largest absolute Gasteiger partial charge is 0.358 e. The fourth-order valence-electron chi connectivity index (χ4n) is 0.844. The van der Waals surface area contributed by atoms with Crippen LogP contribution in [0.3, 0.4) is 0 Å². The second-order valence-corrected chi connectivity index (χ2v) is 7.88. The zero-order valence-corrected chi connectivity index (χ0v) is 17.9. The van der Waals surface area contributed by atoms with Crippen molar-refractivity contribution in [3.63, 3.8) is 0 Å². The molecule has 0 aromatic rings. The van der Waals surface area contributed by atoms with Gasteiger partial charge in [0.1, 0.15) is 0 Å². The van der Waals surface area contributed by atoms with Crippen LogP contribution < -0.4 is 5.43 Å². The van der Waals surface area contributed by atoms with E-state index in [1.165, 1.54) is 0 Å². The van der Waals surface area contributed by atoms with Crippen molar-refractivity contribution < 1.29 is 37.1 Å². The average molecular weight is 383 g/mol. The van der Waals surface area contributed by atoms with Gasteiger partial charge in [0, 0.05) is 51.4 Å². The summed E-state index contributed by atoms with van der Waals surface area (Å²) in [6, 6.07) is 0. The Morgan fingerprint density at radius 2 is 1.94 bits per heavy atom. The third-order valence-electron chi connectivity index (χ3n) is 1.75. The zero-order valence-electron chi connectivity index (χ0n) is 12.2. The second-order valence-electron chi connectivity index (χ2n) is 3.55. The van der Waals surface area contributed by atoms with Crippen molar-refractivity contribution in [1.29, 1.82) is 0 Å². The fraction of sp³-hybridized carbons (Fsp3) is 0.800. The van der Waals surface area contributed by atoms with Crippen LogP contribution in [0.1, 0.15) is 27.7 Å². The minimum atomic E-state index is 0. The molecule has 108 valence electrons. The van der Waals surface area contributed by atoms with Gasteiger partial charge in [0.15, 0.2) is 0 Å². The molecule has 0 aromatic carbocycles. The summed E-state index contributed by atoms with van der Waals surface area (Å²) in [6.07, 6.45) is 2.18. The van der Waals surface area contributed by atoms with Crippen LogP contribution in [0.25, 0.3) is 0 Å². The Hall–Kier alpha value is 2.05. The molecular weight excluding hydrogens is 357 g/mol. The molecule has 8 heteroatoms. The van der Waals surface area contributed by atoms with Crippen molar-refractivity contribution in [2.45, 2.75) is 33.5 Å². The van der Waals surface area contributed by atoms with Crippen LogP contribution in [-0.2, 0) is 37.1 Å². The molecule has 0 aromatic heterocycles. The van der Waals surface area contributed by atoms with Crippen LogP contribution in [0, 0.1) is 19.5 Å². The van der Waals surface area contributed by atoms with E-state index in [1.807, 2.05) is 7.05 Å². The van der Waals surface area contributed by atoms with Gasteiger partial charge in [-0.15, -0.1) is 0 Å². The molecule has 4 unspecified atom stereocenters. The molecule has 4 atom stereocenters. The minimum absolute atomic E-state index is 0. The molecular formula is C10H26N3P3V2-2. The van der Waals surface area contributed by atoms with Crippen molar-refractivity contribution in [3.8, 4) is 0 Å². The van der Waals surface area contributed by atoms with Gasteiger partial charge in [-0.05, 0) is 20.9 Å². The molecule has 1 aliphatic heterocycles. The van der Waals surface area contributed by atoms with Crippen LogP contribution in [0.2, 0.25) is 0 Å². The van der Waals surface area contributed by atoms with Crippen LogP contribution in [-0.4, -0.2) is 24.2 Å². The molecule has 1 aliphatic rings. The summed E-state index contributed by atoms with van der Waals surface area (Å²) in [5, 5.41) is 0. The average Bonchev–Trinajstić information content (AvgIpc) is 2.75. The Morgan fingerprint density at radius 1 is 1.50 bits per heavy atom. The molecule has 1 fully saturated rings. The first kappa shape index (κ1) is 28.2. The van der Waals surface area contributed by atoms with Gasteiger partial charge in [0.2, 0.25) is 0 Å². The summed E-state index contributed by atoms with van der Waals surface area (Å²) in [4.78, 5) is 0. The van der Waals surface area contributed by atoms with E-state index in [0.29, 0.717) is 5.92 Å². The topological polar surface area (TPSA) is 27.4 Å². The number of hydrogen-bond acceptors (Lipinski definition) is 3. The van der Waals surface area contributed by atoms with E-state index in [0.717, 1.165) is 20.7 Å². The van der Waals surface area contributed by atoms with Gasteiger partial charge in [-0.3, -0.25) is 11.6 Å². The standard InChI is InChI=1S/C6H13NP.C3H10N2P2.CH3.2V/c1-4-7-8-5-6(2)3;1-3-5(4-2)7(3)6;;;/h5-6H,4H2,1-3H3;3-4H,6H2,1-2H3;1H3;;/q-1;;-1;;.